The van der Waals surface area contributed by atoms with E-state index in [2.05, 4.69) is 27.3 Å². The SMILES string of the molecule is CCO[Si](C)(OC(C)(C)C1CCC1)C1CCCCC1. The molecule has 2 saturated carbocycles. The molecule has 0 radical (unpaired) electrons. The third-order valence-electron chi connectivity index (χ3n) is 5.33. The molecule has 2 fully saturated rings. The van der Waals surface area contributed by atoms with Crippen LogP contribution in [0, 0.1) is 5.92 Å². The van der Waals surface area contributed by atoms with E-state index in [0.717, 1.165) is 12.5 Å². The Kier molecular flexibility index (Phi) is 5.13. The van der Waals surface area contributed by atoms with Crippen LogP contribution in [0.1, 0.15) is 72.1 Å². The average molecular weight is 285 g/mol. The fraction of sp³-hybridized carbons (Fsp3) is 1.00. The van der Waals surface area contributed by atoms with Crippen LogP contribution in [-0.2, 0) is 8.85 Å². The van der Waals surface area contributed by atoms with Crippen molar-refractivity contribution < 1.29 is 8.85 Å². The van der Waals surface area contributed by atoms with Crippen LogP contribution in [0.2, 0.25) is 12.1 Å². The predicted molar refractivity (Wildman–Crippen MR) is 82.6 cm³/mol. The summed E-state index contributed by atoms with van der Waals surface area (Å²) in [5.41, 5.74) is 0.729. The van der Waals surface area contributed by atoms with Crippen molar-refractivity contribution in [2.24, 2.45) is 5.92 Å². The maximum absolute atomic E-state index is 6.73. The first-order valence-corrected chi connectivity index (χ1v) is 10.7. The minimum atomic E-state index is -2.03. The summed E-state index contributed by atoms with van der Waals surface area (Å²) in [7, 11) is -2.03. The lowest BCUT2D eigenvalue weighted by Crippen LogP contribution is -2.53. The Balaban J connectivity index is 2.04. The van der Waals surface area contributed by atoms with E-state index in [-0.39, 0.29) is 5.60 Å². The van der Waals surface area contributed by atoms with Crippen molar-refractivity contribution in [1.82, 2.24) is 0 Å². The molecule has 112 valence electrons. The molecule has 3 heteroatoms. The van der Waals surface area contributed by atoms with Gasteiger partial charge in [-0.1, -0.05) is 25.7 Å². The third-order valence-corrected chi connectivity index (χ3v) is 9.19. The van der Waals surface area contributed by atoms with Gasteiger partial charge in [0, 0.05) is 12.1 Å². The molecule has 0 spiro atoms. The van der Waals surface area contributed by atoms with Crippen LogP contribution in [0.4, 0.5) is 0 Å². The minimum absolute atomic E-state index is 0.0197. The molecule has 1 unspecified atom stereocenters. The van der Waals surface area contributed by atoms with Crippen LogP contribution in [0.5, 0.6) is 0 Å². The summed E-state index contributed by atoms with van der Waals surface area (Å²) in [5, 5.41) is 0. The number of rotatable bonds is 6. The Labute approximate surface area is 120 Å². The average Bonchev–Trinajstić information content (AvgIpc) is 2.26. The molecule has 2 aliphatic carbocycles. The number of hydrogen-bond acceptors (Lipinski definition) is 2. The lowest BCUT2D eigenvalue weighted by Gasteiger charge is -2.47. The molecule has 0 heterocycles. The van der Waals surface area contributed by atoms with Gasteiger partial charge in [-0.3, -0.25) is 0 Å². The smallest absolute Gasteiger partial charge is 0.338 e. The molecule has 0 amide bonds. The van der Waals surface area contributed by atoms with E-state index in [1.165, 1.54) is 51.4 Å². The summed E-state index contributed by atoms with van der Waals surface area (Å²) in [6, 6.07) is 0. The van der Waals surface area contributed by atoms with Gasteiger partial charge in [0.15, 0.2) is 0 Å². The molecule has 0 aromatic heterocycles. The second kappa shape index (κ2) is 6.27. The molecule has 0 bridgehead atoms. The summed E-state index contributed by atoms with van der Waals surface area (Å²) >= 11 is 0. The highest BCUT2D eigenvalue weighted by Gasteiger charge is 2.47. The van der Waals surface area contributed by atoms with Gasteiger partial charge in [-0.2, -0.15) is 0 Å². The van der Waals surface area contributed by atoms with Gasteiger partial charge in [-0.15, -0.1) is 0 Å². The summed E-state index contributed by atoms with van der Waals surface area (Å²) in [5.74, 6) is 0.753. The van der Waals surface area contributed by atoms with Crippen molar-refractivity contribution in [3.8, 4) is 0 Å². The highest BCUT2D eigenvalue weighted by molar-refractivity contribution is 6.67. The van der Waals surface area contributed by atoms with Crippen molar-refractivity contribution in [3.63, 3.8) is 0 Å². The van der Waals surface area contributed by atoms with Gasteiger partial charge >= 0.3 is 8.56 Å². The summed E-state index contributed by atoms with van der Waals surface area (Å²) in [6.07, 6.45) is 10.9. The van der Waals surface area contributed by atoms with Crippen molar-refractivity contribution in [2.75, 3.05) is 6.61 Å². The highest BCUT2D eigenvalue weighted by Crippen LogP contribution is 2.44. The third kappa shape index (κ3) is 3.62. The molecule has 0 N–H and O–H groups in total. The standard InChI is InChI=1S/C16H32O2Si/c1-5-17-19(4,15-12-7-6-8-13-15)18-16(2,3)14-10-9-11-14/h14-15H,5-13H2,1-4H3. The van der Waals surface area contributed by atoms with Gasteiger partial charge in [-0.25, -0.2) is 0 Å². The topological polar surface area (TPSA) is 18.5 Å². The molecule has 1 atom stereocenters. The first-order valence-electron chi connectivity index (χ1n) is 8.32. The predicted octanol–water partition coefficient (Wildman–Crippen LogP) is 5.02. The van der Waals surface area contributed by atoms with Gasteiger partial charge in [0.1, 0.15) is 0 Å². The zero-order valence-corrected chi connectivity index (χ0v) is 14.3. The maximum Gasteiger partial charge on any atom is 0.338 e. The van der Waals surface area contributed by atoms with Gasteiger partial charge in [0.25, 0.3) is 0 Å². The lowest BCUT2D eigenvalue weighted by atomic mass is 9.75. The Morgan fingerprint density at radius 1 is 1.00 bits per heavy atom. The Morgan fingerprint density at radius 2 is 1.63 bits per heavy atom. The Bertz CT molecular complexity index is 282. The molecule has 0 aromatic carbocycles. The molecule has 0 saturated heterocycles. The minimum Gasteiger partial charge on any atom is -0.394 e. The maximum atomic E-state index is 6.73. The quantitative estimate of drug-likeness (QED) is 0.637. The fourth-order valence-electron chi connectivity index (χ4n) is 3.85. The second-order valence-corrected chi connectivity index (χ2v) is 10.5. The van der Waals surface area contributed by atoms with Crippen molar-refractivity contribution in [1.29, 1.82) is 0 Å². The molecule has 0 aromatic rings. The molecule has 2 rings (SSSR count). The van der Waals surface area contributed by atoms with Gasteiger partial charge in [0.2, 0.25) is 0 Å². The van der Waals surface area contributed by atoms with E-state index < -0.39 is 8.56 Å². The summed E-state index contributed by atoms with van der Waals surface area (Å²) in [6.45, 7) is 9.84. The van der Waals surface area contributed by atoms with E-state index in [1.807, 2.05) is 0 Å². The van der Waals surface area contributed by atoms with Crippen LogP contribution < -0.4 is 0 Å². The summed E-state index contributed by atoms with van der Waals surface area (Å²) < 4.78 is 13.0. The first-order chi connectivity index (χ1) is 8.98. The molecule has 2 nitrogen and oxygen atoms in total. The Morgan fingerprint density at radius 3 is 2.11 bits per heavy atom. The molecule has 2 aliphatic rings. The van der Waals surface area contributed by atoms with Gasteiger partial charge < -0.3 is 8.85 Å². The molecule has 0 aliphatic heterocycles. The van der Waals surface area contributed by atoms with E-state index >= 15 is 0 Å². The van der Waals surface area contributed by atoms with Crippen LogP contribution >= 0.6 is 0 Å². The lowest BCUT2D eigenvalue weighted by molar-refractivity contribution is -0.0301. The van der Waals surface area contributed by atoms with Crippen molar-refractivity contribution in [2.45, 2.75) is 89.8 Å². The summed E-state index contributed by atoms with van der Waals surface area (Å²) in [4.78, 5) is 0. The van der Waals surface area contributed by atoms with E-state index in [9.17, 15) is 0 Å². The van der Waals surface area contributed by atoms with E-state index in [4.69, 9.17) is 8.85 Å². The van der Waals surface area contributed by atoms with Crippen LogP contribution in [0.3, 0.4) is 0 Å². The van der Waals surface area contributed by atoms with E-state index in [0.29, 0.717) is 5.54 Å². The van der Waals surface area contributed by atoms with Crippen LogP contribution in [-0.4, -0.2) is 20.8 Å². The molecule has 19 heavy (non-hydrogen) atoms. The zero-order valence-electron chi connectivity index (χ0n) is 13.3. The number of hydrogen-bond donors (Lipinski definition) is 0. The zero-order chi connectivity index (χ0) is 13.9. The van der Waals surface area contributed by atoms with Gasteiger partial charge in [-0.05, 0) is 58.9 Å². The van der Waals surface area contributed by atoms with Crippen LogP contribution in [0.25, 0.3) is 0 Å². The first kappa shape index (κ1) is 15.5. The van der Waals surface area contributed by atoms with Crippen molar-refractivity contribution in [3.05, 3.63) is 0 Å². The normalized spacial score (nSPS) is 25.9. The fourth-order valence-corrected chi connectivity index (χ4v) is 7.56. The van der Waals surface area contributed by atoms with Crippen molar-refractivity contribution >= 4 is 8.56 Å². The second-order valence-electron chi connectivity index (χ2n) is 7.12. The van der Waals surface area contributed by atoms with E-state index in [1.54, 1.807) is 0 Å². The molecular formula is C16H32O2Si. The Hall–Kier alpha value is 0.137. The highest BCUT2D eigenvalue weighted by atomic mass is 28.4. The van der Waals surface area contributed by atoms with Crippen LogP contribution in [0.15, 0.2) is 0 Å². The van der Waals surface area contributed by atoms with Gasteiger partial charge in [0.05, 0.1) is 5.60 Å². The largest absolute Gasteiger partial charge is 0.394 e. The molecular weight excluding hydrogens is 252 g/mol. The monoisotopic (exact) mass is 284 g/mol.